The Bertz CT molecular complexity index is 267. The van der Waals surface area contributed by atoms with E-state index in [9.17, 15) is 9.59 Å². The molecule has 0 radical (unpaired) electrons. The van der Waals surface area contributed by atoms with Crippen molar-refractivity contribution in [2.24, 2.45) is 17.8 Å². The average molecular weight is 227 g/mol. The highest BCUT2D eigenvalue weighted by molar-refractivity contribution is 5.77. The van der Waals surface area contributed by atoms with Gasteiger partial charge in [-0.15, -0.1) is 0 Å². The lowest BCUT2D eigenvalue weighted by molar-refractivity contribution is -0.138. The summed E-state index contributed by atoms with van der Waals surface area (Å²) >= 11 is 0. The van der Waals surface area contributed by atoms with E-state index in [1.54, 1.807) is 0 Å². The molecule has 1 rings (SSSR count). The molecule has 0 aromatic heterocycles. The van der Waals surface area contributed by atoms with Crippen LogP contribution in [-0.4, -0.2) is 35.0 Å². The molecule has 0 spiro atoms. The van der Waals surface area contributed by atoms with Gasteiger partial charge in [-0.25, -0.2) is 0 Å². The third-order valence-electron chi connectivity index (χ3n) is 3.39. The predicted octanol–water partition coefficient (Wildman–Crippen LogP) is 1.60. The van der Waals surface area contributed by atoms with Crippen molar-refractivity contribution in [3.63, 3.8) is 0 Å². The number of carbonyl (C=O) groups excluding carboxylic acids is 1. The number of likely N-dealkylation sites (tertiary alicyclic amines) is 1. The zero-order chi connectivity index (χ0) is 12.3. The van der Waals surface area contributed by atoms with Crippen molar-refractivity contribution in [2.45, 2.75) is 33.6 Å². The molecule has 4 nitrogen and oxygen atoms in total. The number of amides is 1. The van der Waals surface area contributed by atoms with E-state index < -0.39 is 5.97 Å². The molecule has 1 heterocycles. The molecule has 1 fully saturated rings. The van der Waals surface area contributed by atoms with Gasteiger partial charge in [0.2, 0.25) is 5.91 Å². The maximum absolute atomic E-state index is 11.9. The first-order valence-corrected chi connectivity index (χ1v) is 5.89. The quantitative estimate of drug-likeness (QED) is 0.793. The zero-order valence-electron chi connectivity index (χ0n) is 10.3. The maximum atomic E-state index is 11.9. The lowest BCUT2D eigenvalue weighted by atomic mass is 10.0. The Morgan fingerprint density at radius 3 is 2.19 bits per heavy atom. The third-order valence-corrected chi connectivity index (χ3v) is 3.39. The zero-order valence-corrected chi connectivity index (χ0v) is 10.3. The lowest BCUT2D eigenvalue weighted by Crippen LogP contribution is -2.30. The predicted molar refractivity (Wildman–Crippen MR) is 60.9 cm³/mol. The van der Waals surface area contributed by atoms with Crippen LogP contribution in [0.4, 0.5) is 0 Å². The molecule has 1 N–H and O–H groups in total. The minimum absolute atomic E-state index is 0.0730. The van der Waals surface area contributed by atoms with E-state index in [-0.39, 0.29) is 18.2 Å². The van der Waals surface area contributed by atoms with Crippen molar-refractivity contribution in [1.82, 2.24) is 4.90 Å². The second-order valence-electron chi connectivity index (χ2n) is 5.16. The molecule has 1 amide bonds. The summed E-state index contributed by atoms with van der Waals surface area (Å²) in [5.74, 6) is 0.307. The highest BCUT2D eigenvalue weighted by Crippen LogP contribution is 2.23. The Morgan fingerprint density at radius 1 is 1.25 bits per heavy atom. The summed E-state index contributed by atoms with van der Waals surface area (Å²) in [5.41, 5.74) is 0. The van der Waals surface area contributed by atoms with Crippen LogP contribution in [0.15, 0.2) is 0 Å². The molecule has 1 aliphatic heterocycles. The van der Waals surface area contributed by atoms with E-state index in [0.29, 0.717) is 18.3 Å². The van der Waals surface area contributed by atoms with E-state index in [1.165, 1.54) is 0 Å². The number of carbonyl (C=O) groups is 2. The highest BCUT2D eigenvalue weighted by Gasteiger charge is 2.29. The van der Waals surface area contributed by atoms with Gasteiger partial charge >= 0.3 is 5.97 Å². The van der Waals surface area contributed by atoms with Gasteiger partial charge in [0, 0.05) is 25.9 Å². The number of carboxylic acid groups (broad SMARTS) is 1. The molecule has 3 atom stereocenters. The SMILES string of the molecule is CC(CC(=O)O)CC(=O)N1CC(C)C(C)C1. The molecule has 1 aliphatic rings. The molecular weight excluding hydrogens is 206 g/mol. The maximum Gasteiger partial charge on any atom is 0.303 e. The Labute approximate surface area is 96.6 Å². The molecule has 4 heteroatoms. The molecule has 92 valence electrons. The second kappa shape index (κ2) is 5.32. The summed E-state index contributed by atoms with van der Waals surface area (Å²) < 4.78 is 0. The third kappa shape index (κ3) is 3.51. The number of hydrogen-bond donors (Lipinski definition) is 1. The van der Waals surface area contributed by atoms with Gasteiger partial charge in [0.1, 0.15) is 0 Å². The molecule has 0 aliphatic carbocycles. The van der Waals surface area contributed by atoms with Crippen LogP contribution in [0.3, 0.4) is 0 Å². The summed E-state index contributed by atoms with van der Waals surface area (Å²) in [6.07, 6.45) is 0.427. The van der Waals surface area contributed by atoms with Gasteiger partial charge in [0.25, 0.3) is 0 Å². The van der Waals surface area contributed by atoms with E-state index >= 15 is 0 Å². The Kier molecular flexibility index (Phi) is 4.33. The monoisotopic (exact) mass is 227 g/mol. The van der Waals surface area contributed by atoms with Gasteiger partial charge < -0.3 is 10.0 Å². The van der Waals surface area contributed by atoms with Crippen molar-refractivity contribution in [2.75, 3.05) is 13.1 Å². The van der Waals surface area contributed by atoms with Crippen molar-refractivity contribution >= 4 is 11.9 Å². The Hall–Kier alpha value is -1.06. The summed E-state index contributed by atoms with van der Waals surface area (Å²) in [4.78, 5) is 24.2. The van der Waals surface area contributed by atoms with E-state index in [2.05, 4.69) is 13.8 Å². The Balaban J connectivity index is 2.38. The molecular formula is C12H21NO3. The minimum Gasteiger partial charge on any atom is -0.481 e. The minimum atomic E-state index is -0.830. The normalized spacial score (nSPS) is 26.8. The van der Waals surface area contributed by atoms with Gasteiger partial charge in [-0.05, 0) is 17.8 Å². The van der Waals surface area contributed by atoms with Crippen LogP contribution in [0.2, 0.25) is 0 Å². The molecule has 0 aromatic rings. The van der Waals surface area contributed by atoms with Gasteiger partial charge in [-0.1, -0.05) is 20.8 Å². The fourth-order valence-electron chi connectivity index (χ4n) is 2.13. The molecule has 3 unspecified atom stereocenters. The van der Waals surface area contributed by atoms with Gasteiger partial charge in [0.15, 0.2) is 0 Å². The molecule has 0 bridgehead atoms. The first-order chi connectivity index (χ1) is 7.40. The van der Waals surface area contributed by atoms with Crippen LogP contribution in [0, 0.1) is 17.8 Å². The van der Waals surface area contributed by atoms with Crippen LogP contribution in [0.5, 0.6) is 0 Å². The van der Waals surface area contributed by atoms with Crippen LogP contribution >= 0.6 is 0 Å². The summed E-state index contributed by atoms with van der Waals surface area (Å²) in [6, 6.07) is 0. The number of carboxylic acids is 1. The van der Waals surface area contributed by atoms with Crippen molar-refractivity contribution in [3.05, 3.63) is 0 Å². The number of rotatable bonds is 4. The van der Waals surface area contributed by atoms with E-state index in [4.69, 9.17) is 5.11 Å². The van der Waals surface area contributed by atoms with Crippen LogP contribution in [-0.2, 0) is 9.59 Å². The summed E-state index contributed by atoms with van der Waals surface area (Å²) in [5, 5.41) is 8.62. The topological polar surface area (TPSA) is 57.6 Å². The van der Waals surface area contributed by atoms with Gasteiger partial charge in [-0.2, -0.15) is 0 Å². The summed E-state index contributed by atoms with van der Waals surface area (Å²) in [6.45, 7) is 7.76. The average Bonchev–Trinajstić information content (AvgIpc) is 2.45. The number of nitrogens with zero attached hydrogens (tertiary/aromatic N) is 1. The van der Waals surface area contributed by atoms with Crippen molar-refractivity contribution in [1.29, 1.82) is 0 Å². The second-order valence-corrected chi connectivity index (χ2v) is 5.16. The first-order valence-electron chi connectivity index (χ1n) is 5.89. The fourth-order valence-corrected chi connectivity index (χ4v) is 2.13. The Morgan fingerprint density at radius 2 is 1.75 bits per heavy atom. The van der Waals surface area contributed by atoms with Crippen LogP contribution < -0.4 is 0 Å². The van der Waals surface area contributed by atoms with E-state index in [0.717, 1.165) is 13.1 Å². The molecule has 0 aromatic carbocycles. The van der Waals surface area contributed by atoms with Crippen molar-refractivity contribution in [3.8, 4) is 0 Å². The van der Waals surface area contributed by atoms with E-state index in [1.807, 2.05) is 11.8 Å². The smallest absolute Gasteiger partial charge is 0.303 e. The summed E-state index contributed by atoms with van der Waals surface area (Å²) in [7, 11) is 0. The van der Waals surface area contributed by atoms with Gasteiger partial charge in [-0.3, -0.25) is 9.59 Å². The first kappa shape index (κ1) is 13.0. The fraction of sp³-hybridized carbons (Fsp3) is 0.833. The largest absolute Gasteiger partial charge is 0.481 e. The molecule has 1 saturated heterocycles. The molecule has 16 heavy (non-hydrogen) atoms. The van der Waals surface area contributed by atoms with Crippen molar-refractivity contribution < 1.29 is 14.7 Å². The standard InChI is InChI=1S/C12H21NO3/c1-8(5-12(15)16)4-11(14)13-6-9(2)10(3)7-13/h8-10H,4-7H2,1-3H3,(H,15,16). The molecule has 0 saturated carbocycles. The number of aliphatic carboxylic acids is 1. The van der Waals surface area contributed by atoms with Crippen LogP contribution in [0.25, 0.3) is 0 Å². The van der Waals surface area contributed by atoms with Crippen LogP contribution in [0.1, 0.15) is 33.6 Å². The highest BCUT2D eigenvalue weighted by atomic mass is 16.4. The number of hydrogen-bond acceptors (Lipinski definition) is 2. The van der Waals surface area contributed by atoms with Gasteiger partial charge in [0.05, 0.1) is 0 Å². The lowest BCUT2D eigenvalue weighted by Gasteiger charge is -2.18.